The first-order valence-corrected chi connectivity index (χ1v) is 3.60. The molecular weight excluding hydrogens is 139 g/mol. The molecule has 0 amide bonds. The quantitative estimate of drug-likeness (QED) is 0.569. The molecule has 0 fully saturated rings. The summed E-state index contributed by atoms with van der Waals surface area (Å²) in [4.78, 5) is 0. The van der Waals surface area contributed by atoms with Gasteiger partial charge in [-0.05, 0) is 25.0 Å². The molecule has 0 radical (unpaired) electrons. The molecule has 0 aromatic heterocycles. The van der Waals surface area contributed by atoms with Gasteiger partial charge < -0.3 is 0 Å². The molecule has 0 spiro atoms. The van der Waals surface area contributed by atoms with Crippen LogP contribution in [0.3, 0.4) is 0 Å². The fourth-order valence-corrected chi connectivity index (χ4v) is 1.02. The SMILES string of the molecule is C=CCc1cc(C)ccc1F. The molecule has 0 N–H and O–H groups in total. The number of aryl methyl sites for hydroxylation is 1. The van der Waals surface area contributed by atoms with Gasteiger partial charge in [-0.3, -0.25) is 0 Å². The van der Waals surface area contributed by atoms with Crippen molar-refractivity contribution >= 4 is 0 Å². The number of hydrogen-bond donors (Lipinski definition) is 0. The molecule has 0 aliphatic carbocycles. The summed E-state index contributed by atoms with van der Waals surface area (Å²) in [5, 5.41) is 0. The minimum absolute atomic E-state index is 0.143. The molecule has 0 saturated heterocycles. The van der Waals surface area contributed by atoms with Gasteiger partial charge in [0.2, 0.25) is 0 Å². The van der Waals surface area contributed by atoms with Gasteiger partial charge in [-0.25, -0.2) is 4.39 Å². The zero-order chi connectivity index (χ0) is 8.27. The third kappa shape index (κ3) is 1.90. The Balaban J connectivity index is 3.01. The second-order valence-corrected chi connectivity index (χ2v) is 2.59. The molecule has 0 bridgehead atoms. The van der Waals surface area contributed by atoms with Crippen molar-refractivity contribution in [3.63, 3.8) is 0 Å². The van der Waals surface area contributed by atoms with Crippen LogP contribution < -0.4 is 0 Å². The summed E-state index contributed by atoms with van der Waals surface area (Å²) in [6.45, 7) is 5.51. The Kier molecular flexibility index (Phi) is 2.42. The lowest BCUT2D eigenvalue weighted by Crippen LogP contribution is -1.88. The van der Waals surface area contributed by atoms with Crippen LogP contribution in [0.4, 0.5) is 4.39 Å². The number of hydrogen-bond acceptors (Lipinski definition) is 0. The molecule has 0 heterocycles. The van der Waals surface area contributed by atoms with Crippen molar-refractivity contribution in [2.24, 2.45) is 0 Å². The minimum atomic E-state index is -0.143. The van der Waals surface area contributed by atoms with E-state index < -0.39 is 0 Å². The van der Waals surface area contributed by atoms with Gasteiger partial charge in [0, 0.05) is 0 Å². The molecule has 0 unspecified atom stereocenters. The summed E-state index contributed by atoms with van der Waals surface area (Å²) in [6, 6.07) is 5.10. The number of rotatable bonds is 2. The molecule has 1 heteroatoms. The Hall–Kier alpha value is -1.11. The molecule has 58 valence electrons. The Morgan fingerprint density at radius 2 is 2.27 bits per heavy atom. The van der Waals surface area contributed by atoms with Crippen LogP contribution in [-0.2, 0) is 6.42 Å². The van der Waals surface area contributed by atoms with Gasteiger partial charge in [-0.15, -0.1) is 6.58 Å². The first-order chi connectivity index (χ1) is 5.24. The highest BCUT2D eigenvalue weighted by Crippen LogP contribution is 2.10. The molecular formula is C10H11F. The number of halogens is 1. The Morgan fingerprint density at radius 1 is 1.55 bits per heavy atom. The third-order valence-corrected chi connectivity index (χ3v) is 1.57. The first-order valence-electron chi connectivity index (χ1n) is 3.60. The molecule has 1 rings (SSSR count). The van der Waals surface area contributed by atoms with E-state index in [-0.39, 0.29) is 5.82 Å². The van der Waals surface area contributed by atoms with E-state index in [1.54, 1.807) is 12.1 Å². The molecule has 0 aliphatic heterocycles. The van der Waals surface area contributed by atoms with E-state index in [2.05, 4.69) is 6.58 Å². The van der Waals surface area contributed by atoms with Crippen molar-refractivity contribution in [1.29, 1.82) is 0 Å². The standard InChI is InChI=1S/C10H11F/c1-3-4-9-7-8(2)5-6-10(9)11/h3,5-7H,1,4H2,2H3. The Morgan fingerprint density at radius 3 is 2.91 bits per heavy atom. The summed E-state index contributed by atoms with van der Waals surface area (Å²) in [5.74, 6) is -0.143. The van der Waals surface area contributed by atoms with Gasteiger partial charge in [-0.1, -0.05) is 23.8 Å². The maximum Gasteiger partial charge on any atom is 0.126 e. The average molecular weight is 150 g/mol. The van der Waals surface area contributed by atoms with Gasteiger partial charge in [0.15, 0.2) is 0 Å². The smallest absolute Gasteiger partial charge is 0.126 e. The van der Waals surface area contributed by atoms with Gasteiger partial charge in [-0.2, -0.15) is 0 Å². The van der Waals surface area contributed by atoms with Gasteiger partial charge in [0.25, 0.3) is 0 Å². The zero-order valence-corrected chi connectivity index (χ0v) is 6.60. The number of benzene rings is 1. The molecule has 0 nitrogen and oxygen atoms in total. The van der Waals surface area contributed by atoms with Crippen LogP contribution in [0.5, 0.6) is 0 Å². The highest BCUT2D eigenvalue weighted by molar-refractivity contribution is 5.25. The van der Waals surface area contributed by atoms with Crippen LogP contribution in [0.25, 0.3) is 0 Å². The van der Waals surface area contributed by atoms with E-state index in [0.29, 0.717) is 6.42 Å². The fraction of sp³-hybridized carbons (Fsp3) is 0.200. The molecule has 11 heavy (non-hydrogen) atoms. The zero-order valence-electron chi connectivity index (χ0n) is 6.60. The van der Waals surface area contributed by atoms with Crippen molar-refractivity contribution in [3.05, 3.63) is 47.8 Å². The molecule has 0 aliphatic rings. The summed E-state index contributed by atoms with van der Waals surface area (Å²) in [5.41, 5.74) is 1.81. The van der Waals surface area contributed by atoms with Crippen LogP contribution in [0.2, 0.25) is 0 Å². The summed E-state index contributed by atoms with van der Waals surface area (Å²) in [7, 11) is 0. The number of allylic oxidation sites excluding steroid dienone is 1. The van der Waals surface area contributed by atoms with E-state index in [9.17, 15) is 4.39 Å². The van der Waals surface area contributed by atoms with Crippen molar-refractivity contribution in [2.45, 2.75) is 13.3 Å². The highest BCUT2D eigenvalue weighted by Gasteiger charge is 1.98. The van der Waals surface area contributed by atoms with E-state index in [4.69, 9.17) is 0 Å². The van der Waals surface area contributed by atoms with Gasteiger partial charge in [0.1, 0.15) is 5.82 Å². The van der Waals surface area contributed by atoms with Crippen molar-refractivity contribution < 1.29 is 4.39 Å². The topological polar surface area (TPSA) is 0 Å². The monoisotopic (exact) mass is 150 g/mol. The normalized spacial score (nSPS) is 9.64. The van der Waals surface area contributed by atoms with Gasteiger partial charge in [0.05, 0.1) is 0 Å². The maximum absolute atomic E-state index is 12.9. The van der Waals surface area contributed by atoms with Crippen LogP contribution in [0.15, 0.2) is 30.9 Å². The predicted octanol–water partition coefficient (Wildman–Crippen LogP) is 2.86. The van der Waals surface area contributed by atoms with E-state index >= 15 is 0 Å². The minimum Gasteiger partial charge on any atom is -0.207 e. The third-order valence-electron chi connectivity index (χ3n) is 1.57. The lowest BCUT2D eigenvalue weighted by atomic mass is 10.1. The maximum atomic E-state index is 12.9. The summed E-state index contributed by atoms with van der Waals surface area (Å²) >= 11 is 0. The average Bonchev–Trinajstić information content (AvgIpc) is 1.98. The van der Waals surface area contributed by atoms with Crippen LogP contribution in [0.1, 0.15) is 11.1 Å². The molecule has 1 aromatic rings. The molecule has 0 atom stereocenters. The highest BCUT2D eigenvalue weighted by atomic mass is 19.1. The van der Waals surface area contributed by atoms with E-state index in [1.807, 2.05) is 13.0 Å². The first kappa shape index (κ1) is 7.99. The fourth-order valence-electron chi connectivity index (χ4n) is 1.02. The lowest BCUT2D eigenvalue weighted by molar-refractivity contribution is 0.614. The van der Waals surface area contributed by atoms with Crippen molar-refractivity contribution in [2.75, 3.05) is 0 Å². The predicted molar refractivity (Wildman–Crippen MR) is 45.0 cm³/mol. The van der Waals surface area contributed by atoms with E-state index in [0.717, 1.165) is 11.1 Å². The second-order valence-electron chi connectivity index (χ2n) is 2.59. The molecule has 0 saturated carbocycles. The Labute approximate surface area is 66.4 Å². The van der Waals surface area contributed by atoms with Crippen molar-refractivity contribution in [1.82, 2.24) is 0 Å². The van der Waals surface area contributed by atoms with Crippen LogP contribution in [-0.4, -0.2) is 0 Å². The van der Waals surface area contributed by atoms with E-state index in [1.165, 1.54) is 6.07 Å². The second kappa shape index (κ2) is 3.33. The van der Waals surface area contributed by atoms with Crippen LogP contribution in [0, 0.1) is 12.7 Å². The molecule has 1 aromatic carbocycles. The van der Waals surface area contributed by atoms with Gasteiger partial charge >= 0.3 is 0 Å². The largest absolute Gasteiger partial charge is 0.207 e. The Bertz CT molecular complexity index is 264. The van der Waals surface area contributed by atoms with Crippen molar-refractivity contribution in [3.8, 4) is 0 Å². The lowest BCUT2D eigenvalue weighted by Gasteiger charge is -1.99. The summed E-state index contributed by atoms with van der Waals surface area (Å²) in [6.07, 6.45) is 2.31. The van der Waals surface area contributed by atoms with Crippen LogP contribution >= 0.6 is 0 Å². The summed E-state index contributed by atoms with van der Waals surface area (Å²) < 4.78 is 12.9.